The molecule has 0 saturated carbocycles. The lowest BCUT2D eigenvalue weighted by Crippen LogP contribution is -2.57. The van der Waals surface area contributed by atoms with Crippen LogP contribution in [0.15, 0.2) is 0 Å². The summed E-state index contributed by atoms with van der Waals surface area (Å²) in [5.41, 5.74) is 5.96. The van der Waals surface area contributed by atoms with Crippen LogP contribution in [0.3, 0.4) is 0 Å². The summed E-state index contributed by atoms with van der Waals surface area (Å²) in [6.07, 6.45) is 1.73. The number of nitrogens with two attached hydrogens (primary N) is 1. The van der Waals surface area contributed by atoms with E-state index in [-0.39, 0.29) is 17.7 Å². The van der Waals surface area contributed by atoms with Crippen molar-refractivity contribution in [2.45, 2.75) is 18.9 Å². The van der Waals surface area contributed by atoms with E-state index in [9.17, 15) is 4.79 Å². The van der Waals surface area contributed by atoms with Crippen molar-refractivity contribution in [1.29, 1.82) is 5.26 Å². The Kier molecular flexibility index (Phi) is 3.42. The van der Waals surface area contributed by atoms with Crippen molar-refractivity contribution in [2.24, 2.45) is 17.6 Å². The highest BCUT2D eigenvalue weighted by Gasteiger charge is 2.36. The van der Waals surface area contributed by atoms with Crippen LogP contribution in [0.5, 0.6) is 0 Å². The summed E-state index contributed by atoms with van der Waals surface area (Å²) in [4.78, 5) is 13.6. The van der Waals surface area contributed by atoms with Gasteiger partial charge in [-0.2, -0.15) is 5.26 Å². The van der Waals surface area contributed by atoms with Gasteiger partial charge in [0.25, 0.3) is 0 Å². The first kappa shape index (κ1) is 11.4. The van der Waals surface area contributed by atoms with Gasteiger partial charge in [-0.3, -0.25) is 4.79 Å². The molecule has 0 aromatic rings. The molecule has 16 heavy (non-hydrogen) atoms. The minimum atomic E-state index is -0.413. The van der Waals surface area contributed by atoms with Crippen molar-refractivity contribution in [2.75, 3.05) is 26.3 Å². The van der Waals surface area contributed by atoms with Crippen LogP contribution in [0.25, 0.3) is 0 Å². The average molecular weight is 223 g/mol. The highest BCUT2D eigenvalue weighted by atomic mass is 16.5. The molecule has 2 fully saturated rings. The Morgan fingerprint density at radius 3 is 2.62 bits per heavy atom. The number of likely N-dealkylation sites (tertiary alicyclic amines) is 1. The number of hydrogen-bond acceptors (Lipinski definition) is 4. The van der Waals surface area contributed by atoms with Gasteiger partial charge in [-0.1, -0.05) is 0 Å². The lowest BCUT2D eigenvalue weighted by atomic mass is 9.90. The van der Waals surface area contributed by atoms with E-state index in [1.807, 2.05) is 0 Å². The van der Waals surface area contributed by atoms with E-state index in [1.165, 1.54) is 0 Å². The zero-order chi connectivity index (χ0) is 11.5. The second-order valence-corrected chi connectivity index (χ2v) is 4.54. The Morgan fingerprint density at radius 2 is 2.06 bits per heavy atom. The molecule has 0 aromatic heterocycles. The molecule has 0 unspecified atom stereocenters. The molecule has 0 spiro atoms. The molecule has 2 rings (SSSR count). The standard InChI is InChI=1S/C11H17N3O2/c12-5-8-6-14(7-8)11(15)10(13)9-1-3-16-4-2-9/h8-10H,1-4,6-7,13H2/t10-/m1/s1. The zero-order valence-electron chi connectivity index (χ0n) is 9.26. The van der Waals surface area contributed by atoms with E-state index in [2.05, 4.69) is 6.07 Å². The van der Waals surface area contributed by atoms with Gasteiger partial charge in [0, 0.05) is 26.3 Å². The molecule has 0 aliphatic carbocycles. The summed E-state index contributed by atoms with van der Waals surface area (Å²) in [7, 11) is 0. The summed E-state index contributed by atoms with van der Waals surface area (Å²) < 4.78 is 5.24. The van der Waals surface area contributed by atoms with Gasteiger partial charge in [0.1, 0.15) is 0 Å². The fraction of sp³-hybridized carbons (Fsp3) is 0.818. The Balaban J connectivity index is 1.83. The van der Waals surface area contributed by atoms with Gasteiger partial charge in [-0.15, -0.1) is 0 Å². The lowest BCUT2D eigenvalue weighted by molar-refractivity contribution is -0.139. The lowest BCUT2D eigenvalue weighted by Gasteiger charge is -2.39. The second kappa shape index (κ2) is 4.81. The number of carbonyl (C=O) groups is 1. The molecule has 88 valence electrons. The van der Waals surface area contributed by atoms with Gasteiger partial charge >= 0.3 is 0 Å². The largest absolute Gasteiger partial charge is 0.381 e. The van der Waals surface area contributed by atoms with Crippen molar-refractivity contribution in [1.82, 2.24) is 4.90 Å². The Bertz CT molecular complexity index is 301. The molecular weight excluding hydrogens is 206 g/mol. The number of rotatable bonds is 2. The van der Waals surface area contributed by atoms with Gasteiger partial charge in [-0.25, -0.2) is 0 Å². The van der Waals surface area contributed by atoms with Gasteiger partial charge in [-0.05, 0) is 18.8 Å². The third-order valence-electron chi connectivity index (χ3n) is 3.43. The molecule has 2 aliphatic rings. The maximum atomic E-state index is 11.9. The van der Waals surface area contributed by atoms with Crippen molar-refractivity contribution in [3.05, 3.63) is 0 Å². The summed E-state index contributed by atoms with van der Waals surface area (Å²) in [6, 6.07) is 1.74. The Morgan fingerprint density at radius 1 is 1.44 bits per heavy atom. The normalized spacial score (nSPS) is 24.6. The van der Waals surface area contributed by atoms with Crippen molar-refractivity contribution < 1.29 is 9.53 Å². The zero-order valence-corrected chi connectivity index (χ0v) is 9.26. The van der Waals surface area contributed by atoms with Crippen LogP contribution in [-0.4, -0.2) is 43.2 Å². The molecular formula is C11H17N3O2. The van der Waals surface area contributed by atoms with Crippen LogP contribution in [0.4, 0.5) is 0 Å². The number of nitriles is 1. The third kappa shape index (κ3) is 2.18. The fourth-order valence-electron chi connectivity index (χ4n) is 2.23. The topological polar surface area (TPSA) is 79.4 Å². The summed E-state index contributed by atoms with van der Waals surface area (Å²) in [6.45, 7) is 2.50. The van der Waals surface area contributed by atoms with Gasteiger partial charge in [0.05, 0.1) is 18.0 Å². The predicted octanol–water partition coefficient (Wildman–Crippen LogP) is -0.278. The molecule has 0 aromatic carbocycles. The van der Waals surface area contributed by atoms with Gasteiger partial charge < -0.3 is 15.4 Å². The first-order valence-corrected chi connectivity index (χ1v) is 5.74. The number of nitrogens with zero attached hydrogens (tertiary/aromatic N) is 2. The molecule has 5 nitrogen and oxygen atoms in total. The smallest absolute Gasteiger partial charge is 0.239 e. The van der Waals surface area contributed by atoms with E-state index in [1.54, 1.807) is 4.90 Å². The van der Waals surface area contributed by atoms with E-state index in [0.29, 0.717) is 26.3 Å². The maximum absolute atomic E-state index is 11.9. The van der Waals surface area contributed by atoms with Crippen LogP contribution >= 0.6 is 0 Å². The average Bonchev–Trinajstić information content (AvgIpc) is 2.27. The first-order valence-electron chi connectivity index (χ1n) is 5.74. The second-order valence-electron chi connectivity index (χ2n) is 4.54. The minimum absolute atomic E-state index is 0.00148. The van der Waals surface area contributed by atoms with Crippen LogP contribution in [0, 0.1) is 23.2 Å². The number of carbonyl (C=O) groups excluding carboxylic acids is 1. The van der Waals surface area contributed by atoms with E-state index in [0.717, 1.165) is 12.8 Å². The maximum Gasteiger partial charge on any atom is 0.239 e. The molecule has 1 atom stereocenters. The van der Waals surface area contributed by atoms with Crippen LogP contribution in [0.1, 0.15) is 12.8 Å². The van der Waals surface area contributed by atoms with Gasteiger partial charge in [0.15, 0.2) is 0 Å². The van der Waals surface area contributed by atoms with Crippen LogP contribution < -0.4 is 5.73 Å². The molecule has 1 amide bonds. The first-order chi connectivity index (χ1) is 7.72. The highest BCUT2D eigenvalue weighted by Crippen LogP contribution is 2.22. The monoisotopic (exact) mass is 223 g/mol. The Labute approximate surface area is 95.1 Å². The Hall–Kier alpha value is -1.12. The summed E-state index contributed by atoms with van der Waals surface area (Å²) in [5, 5.41) is 8.64. The van der Waals surface area contributed by atoms with Crippen LogP contribution in [-0.2, 0) is 9.53 Å². The van der Waals surface area contributed by atoms with E-state index in [4.69, 9.17) is 15.7 Å². The van der Waals surface area contributed by atoms with Crippen molar-refractivity contribution in [3.63, 3.8) is 0 Å². The quantitative estimate of drug-likeness (QED) is 0.698. The SMILES string of the molecule is N#CC1CN(C(=O)[C@H](N)C2CCOCC2)C1. The molecule has 2 aliphatic heterocycles. The summed E-state index contributed by atoms with van der Waals surface area (Å²) in [5.74, 6) is 0.242. The number of amides is 1. The number of hydrogen-bond donors (Lipinski definition) is 1. The predicted molar refractivity (Wildman–Crippen MR) is 57.2 cm³/mol. The van der Waals surface area contributed by atoms with E-state index >= 15 is 0 Å². The molecule has 2 N–H and O–H groups in total. The van der Waals surface area contributed by atoms with Crippen molar-refractivity contribution in [3.8, 4) is 6.07 Å². The molecule has 5 heteroatoms. The number of ether oxygens (including phenoxy) is 1. The molecule has 0 bridgehead atoms. The molecule has 2 heterocycles. The van der Waals surface area contributed by atoms with E-state index < -0.39 is 6.04 Å². The third-order valence-corrected chi connectivity index (χ3v) is 3.43. The fourth-order valence-corrected chi connectivity index (χ4v) is 2.23. The molecule has 2 saturated heterocycles. The van der Waals surface area contributed by atoms with Crippen LogP contribution in [0.2, 0.25) is 0 Å². The van der Waals surface area contributed by atoms with Crippen molar-refractivity contribution >= 4 is 5.91 Å². The molecule has 0 radical (unpaired) electrons. The highest BCUT2D eigenvalue weighted by molar-refractivity contribution is 5.82. The van der Waals surface area contributed by atoms with Gasteiger partial charge in [0.2, 0.25) is 5.91 Å². The summed E-state index contributed by atoms with van der Waals surface area (Å²) >= 11 is 0. The minimum Gasteiger partial charge on any atom is -0.381 e.